The lowest BCUT2D eigenvalue weighted by molar-refractivity contribution is -0.142. The number of hydrogen-bond donors (Lipinski definition) is 1. The van der Waals surface area contributed by atoms with Crippen LogP contribution >= 0.6 is 0 Å². The third-order valence-electron chi connectivity index (χ3n) is 3.82. The summed E-state index contributed by atoms with van der Waals surface area (Å²) in [5, 5.41) is 0. The molecule has 0 aromatic heterocycles. The molecule has 0 bridgehead atoms. The molecule has 1 aliphatic carbocycles. The minimum atomic E-state index is -0.715. The molecule has 5 nitrogen and oxygen atoms in total. The fourth-order valence-electron chi connectivity index (χ4n) is 2.59. The van der Waals surface area contributed by atoms with Gasteiger partial charge in [-0.3, -0.25) is 14.4 Å². The van der Waals surface area contributed by atoms with Gasteiger partial charge in [-0.15, -0.1) is 0 Å². The van der Waals surface area contributed by atoms with Gasteiger partial charge in [0.15, 0.2) is 5.78 Å². The molecule has 2 atom stereocenters. The van der Waals surface area contributed by atoms with Crippen molar-refractivity contribution < 1.29 is 19.1 Å². The molecule has 1 fully saturated rings. The van der Waals surface area contributed by atoms with Crippen molar-refractivity contribution in [3.63, 3.8) is 0 Å². The lowest BCUT2D eigenvalue weighted by atomic mass is 9.94. The molecule has 1 aromatic carbocycles. The van der Waals surface area contributed by atoms with Gasteiger partial charge in [0.05, 0.1) is 13.0 Å². The molecule has 0 saturated heterocycles. The van der Waals surface area contributed by atoms with Crippen LogP contribution in [0, 0.1) is 5.92 Å². The summed E-state index contributed by atoms with van der Waals surface area (Å²) in [6, 6.07) is 6.18. The first-order chi connectivity index (χ1) is 10.0. The van der Waals surface area contributed by atoms with Gasteiger partial charge < -0.3 is 10.5 Å². The van der Waals surface area contributed by atoms with Crippen LogP contribution in [0.4, 0.5) is 0 Å². The van der Waals surface area contributed by atoms with E-state index in [1.165, 1.54) is 7.11 Å². The summed E-state index contributed by atoms with van der Waals surface area (Å²) < 4.78 is 4.57. The van der Waals surface area contributed by atoms with Crippen LogP contribution in [0.1, 0.15) is 35.2 Å². The minimum Gasteiger partial charge on any atom is -0.468 e. The minimum absolute atomic E-state index is 0.0387. The van der Waals surface area contributed by atoms with Gasteiger partial charge >= 0.3 is 5.97 Å². The van der Waals surface area contributed by atoms with Crippen LogP contribution < -0.4 is 5.73 Å². The first kappa shape index (κ1) is 15.4. The van der Waals surface area contributed by atoms with E-state index in [-0.39, 0.29) is 11.6 Å². The summed E-state index contributed by atoms with van der Waals surface area (Å²) in [7, 11) is 1.29. The summed E-state index contributed by atoms with van der Waals surface area (Å²) in [4.78, 5) is 35.1. The van der Waals surface area contributed by atoms with Crippen molar-refractivity contribution in [2.45, 2.75) is 31.7 Å². The number of carbonyl (C=O) groups is 3. The zero-order valence-electron chi connectivity index (χ0n) is 12.0. The Morgan fingerprint density at radius 3 is 2.52 bits per heavy atom. The normalized spacial score (nSPS) is 19.3. The maximum atomic E-state index is 12.2. The SMILES string of the molecule is COC(=O)C(N)Cc1ccc(C(=O)C2CCCC2=O)cc1. The number of rotatable bonds is 5. The number of esters is 1. The molecule has 0 spiro atoms. The van der Waals surface area contributed by atoms with E-state index in [0.29, 0.717) is 24.8 Å². The van der Waals surface area contributed by atoms with Crippen molar-refractivity contribution in [2.24, 2.45) is 11.7 Å². The van der Waals surface area contributed by atoms with Gasteiger partial charge in [0.25, 0.3) is 0 Å². The fourth-order valence-corrected chi connectivity index (χ4v) is 2.59. The third-order valence-corrected chi connectivity index (χ3v) is 3.82. The molecular formula is C16H19NO4. The largest absolute Gasteiger partial charge is 0.468 e. The van der Waals surface area contributed by atoms with Gasteiger partial charge in [0.2, 0.25) is 0 Å². The zero-order valence-corrected chi connectivity index (χ0v) is 12.0. The van der Waals surface area contributed by atoms with Gasteiger partial charge in [-0.1, -0.05) is 24.3 Å². The lowest BCUT2D eigenvalue weighted by Gasteiger charge is -2.10. The molecule has 5 heteroatoms. The Labute approximate surface area is 123 Å². The van der Waals surface area contributed by atoms with Crippen LogP contribution in [-0.4, -0.2) is 30.7 Å². The number of ketones is 2. The number of hydrogen-bond acceptors (Lipinski definition) is 5. The van der Waals surface area contributed by atoms with Crippen LogP contribution in [0.25, 0.3) is 0 Å². The Morgan fingerprint density at radius 1 is 1.33 bits per heavy atom. The molecule has 1 aromatic rings. The van der Waals surface area contributed by atoms with E-state index in [1.807, 2.05) is 0 Å². The highest BCUT2D eigenvalue weighted by Crippen LogP contribution is 2.25. The van der Waals surface area contributed by atoms with Gasteiger partial charge in [-0.25, -0.2) is 0 Å². The van der Waals surface area contributed by atoms with Crippen LogP contribution in [0.2, 0.25) is 0 Å². The van der Waals surface area contributed by atoms with E-state index in [2.05, 4.69) is 4.74 Å². The molecule has 2 unspecified atom stereocenters. The highest BCUT2D eigenvalue weighted by molar-refractivity contribution is 6.11. The third kappa shape index (κ3) is 3.55. The van der Waals surface area contributed by atoms with E-state index in [4.69, 9.17) is 5.73 Å². The molecule has 2 N–H and O–H groups in total. The number of ether oxygens (including phenoxy) is 1. The molecule has 0 amide bonds. The molecule has 1 saturated carbocycles. The second kappa shape index (κ2) is 6.63. The summed E-state index contributed by atoms with van der Waals surface area (Å²) >= 11 is 0. The number of benzene rings is 1. The molecule has 0 aliphatic heterocycles. The quantitative estimate of drug-likeness (QED) is 0.501. The van der Waals surface area contributed by atoms with Gasteiger partial charge in [-0.2, -0.15) is 0 Å². The van der Waals surface area contributed by atoms with E-state index in [9.17, 15) is 14.4 Å². The predicted molar refractivity (Wildman–Crippen MR) is 76.8 cm³/mol. The smallest absolute Gasteiger partial charge is 0.322 e. The summed E-state index contributed by atoms with van der Waals surface area (Å²) in [6.07, 6.45) is 2.29. The Kier molecular flexibility index (Phi) is 4.85. The topological polar surface area (TPSA) is 86.5 Å². The average Bonchev–Trinajstić information content (AvgIpc) is 2.92. The Hall–Kier alpha value is -2.01. The highest BCUT2D eigenvalue weighted by atomic mass is 16.5. The van der Waals surface area contributed by atoms with E-state index >= 15 is 0 Å². The predicted octanol–water partition coefficient (Wildman–Crippen LogP) is 1.28. The van der Waals surface area contributed by atoms with Crippen molar-refractivity contribution in [1.82, 2.24) is 0 Å². The maximum absolute atomic E-state index is 12.2. The molecule has 2 rings (SSSR count). The first-order valence-corrected chi connectivity index (χ1v) is 7.02. The lowest BCUT2D eigenvalue weighted by Crippen LogP contribution is -2.33. The highest BCUT2D eigenvalue weighted by Gasteiger charge is 2.31. The number of Topliss-reactive ketones (excluding diaryl/α,β-unsaturated/α-hetero) is 2. The second-order valence-electron chi connectivity index (χ2n) is 5.31. The van der Waals surface area contributed by atoms with Gasteiger partial charge in [0.1, 0.15) is 11.8 Å². The summed E-state index contributed by atoms with van der Waals surface area (Å²) in [6.45, 7) is 0. The van der Waals surface area contributed by atoms with Crippen LogP contribution in [-0.2, 0) is 20.7 Å². The van der Waals surface area contributed by atoms with E-state index in [0.717, 1.165) is 12.0 Å². The van der Waals surface area contributed by atoms with Crippen molar-refractivity contribution in [1.29, 1.82) is 0 Å². The van der Waals surface area contributed by atoms with E-state index in [1.54, 1.807) is 24.3 Å². The second-order valence-corrected chi connectivity index (χ2v) is 5.31. The fraction of sp³-hybridized carbons (Fsp3) is 0.438. The van der Waals surface area contributed by atoms with Crippen LogP contribution in [0.3, 0.4) is 0 Å². The number of carbonyl (C=O) groups excluding carboxylic acids is 3. The first-order valence-electron chi connectivity index (χ1n) is 7.02. The van der Waals surface area contributed by atoms with Crippen LogP contribution in [0.15, 0.2) is 24.3 Å². The standard InChI is InChI=1S/C16H19NO4/c1-21-16(20)13(17)9-10-5-7-11(8-6-10)15(19)12-3-2-4-14(12)18/h5-8,12-13H,2-4,9,17H2,1H3. The molecule has 0 heterocycles. The van der Waals surface area contributed by atoms with Gasteiger partial charge in [0, 0.05) is 12.0 Å². The Balaban J connectivity index is 2.03. The van der Waals surface area contributed by atoms with Gasteiger partial charge in [-0.05, 0) is 24.8 Å². The van der Waals surface area contributed by atoms with Crippen LogP contribution in [0.5, 0.6) is 0 Å². The summed E-state index contributed by atoms with van der Waals surface area (Å²) in [5.41, 5.74) is 7.07. The molecule has 1 aliphatic rings. The van der Waals surface area contributed by atoms with E-state index < -0.39 is 17.9 Å². The zero-order chi connectivity index (χ0) is 15.4. The maximum Gasteiger partial charge on any atom is 0.322 e. The van der Waals surface area contributed by atoms with Crippen molar-refractivity contribution in [3.05, 3.63) is 35.4 Å². The Bertz CT molecular complexity index is 550. The molecule has 112 valence electrons. The van der Waals surface area contributed by atoms with Crippen molar-refractivity contribution in [2.75, 3.05) is 7.11 Å². The molecule has 21 heavy (non-hydrogen) atoms. The average molecular weight is 289 g/mol. The Morgan fingerprint density at radius 2 is 2.00 bits per heavy atom. The van der Waals surface area contributed by atoms with Crippen molar-refractivity contribution >= 4 is 17.5 Å². The summed E-state index contributed by atoms with van der Waals surface area (Å²) in [5.74, 6) is -1.02. The molecule has 0 radical (unpaired) electrons. The monoisotopic (exact) mass is 289 g/mol. The van der Waals surface area contributed by atoms with Crippen molar-refractivity contribution in [3.8, 4) is 0 Å². The number of nitrogens with two attached hydrogens (primary N) is 1. The molecular weight excluding hydrogens is 270 g/mol. The number of methoxy groups -OCH3 is 1.